The summed E-state index contributed by atoms with van der Waals surface area (Å²) in [7, 11) is 0. The van der Waals surface area contributed by atoms with E-state index in [-0.39, 0.29) is 23.0 Å². The number of aromatic nitrogens is 7. The maximum Gasteiger partial charge on any atom is 0.275 e. The third-order valence-electron chi connectivity index (χ3n) is 6.60. The van der Waals surface area contributed by atoms with Crippen molar-refractivity contribution in [3.63, 3.8) is 0 Å². The number of H-pyrrole nitrogens is 3. The zero-order valence-corrected chi connectivity index (χ0v) is 20.6. The second-order valence-electron chi connectivity index (χ2n) is 9.26. The van der Waals surface area contributed by atoms with Gasteiger partial charge in [0.15, 0.2) is 5.65 Å². The van der Waals surface area contributed by atoms with Gasteiger partial charge in [0, 0.05) is 46.4 Å². The molecule has 0 radical (unpaired) electrons. The van der Waals surface area contributed by atoms with Crippen LogP contribution in [0.2, 0.25) is 0 Å². The number of fused-ring (bicyclic) bond motifs is 2. The Morgan fingerprint density at radius 1 is 1.11 bits per heavy atom. The van der Waals surface area contributed by atoms with Crippen LogP contribution in [0.3, 0.4) is 0 Å². The molecule has 6 aromatic rings. The quantitative estimate of drug-likeness (QED) is 0.293. The first kappa shape index (κ1) is 23.5. The fraction of sp³-hybridized carbons (Fsp3) is 0.148. The van der Waals surface area contributed by atoms with Gasteiger partial charge in [-0.25, -0.2) is 18.7 Å². The highest BCUT2D eigenvalue weighted by atomic mass is 19.1. The summed E-state index contributed by atoms with van der Waals surface area (Å²) < 4.78 is 30.2. The highest BCUT2D eigenvalue weighted by molar-refractivity contribution is 6.16. The summed E-state index contributed by atoms with van der Waals surface area (Å²) in [6.45, 7) is 5.50. The number of ketones is 1. The molecule has 3 N–H and O–H groups in total. The molecular weight excluding hydrogens is 492 g/mol. The molecule has 0 unspecified atom stereocenters. The van der Waals surface area contributed by atoms with Crippen molar-refractivity contribution in [2.24, 2.45) is 0 Å². The Balaban J connectivity index is 1.33. The van der Waals surface area contributed by atoms with Gasteiger partial charge in [-0.15, -0.1) is 0 Å². The number of hydrogen-bond acceptors (Lipinski definition) is 5. The van der Waals surface area contributed by atoms with Gasteiger partial charge in [-0.05, 0) is 50.6 Å². The van der Waals surface area contributed by atoms with Crippen LogP contribution < -0.4 is 5.56 Å². The number of benzene rings is 1. The van der Waals surface area contributed by atoms with Crippen LogP contribution in [-0.4, -0.2) is 40.5 Å². The summed E-state index contributed by atoms with van der Waals surface area (Å²) in [6.07, 6.45) is 4.55. The lowest BCUT2D eigenvalue weighted by molar-refractivity contribution is 0.103. The van der Waals surface area contributed by atoms with Gasteiger partial charge >= 0.3 is 0 Å². The van der Waals surface area contributed by atoms with Crippen molar-refractivity contribution in [3.05, 3.63) is 98.7 Å². The van der Waals surface area contributed by atoms with Crippen molar-refractivity contribution in [1.82, 2.24) is 34.7 Å². The number of carbonyl (C=O) groups is 1. The first-order valence-electron chi connectivity index (χ1n) is 11.8. The van der Waals surface area contributed by atoms with Gasteiger partial charge in [-0.3, -0.25) is 14.7 Å². The third kappa shape index (κ3) is 3.71. The van der Waals surface area contributed by atoms with E-state index >= 15 is 0 Å². The number of halogens is 2. The van der Waals surface area contributed by atoms with Gasteiger partial charge in [-0.2, -0.15) is 5.10 Å². The first-order valence-corrected chi connectivity index (χ1v) is 11.8. The summed E-state index contributed by atoms with van der Waals surface area (Å²) >= 11 is 0. The topological polar surface area (TPSA) is 125 Å². The average Bonchev–Trinajstić information content (AvgIpc) is 3.56. The lowest BCUT2D eigenvalue weighted by Gasteiger charge is -2.06. The Morgan fingerprint density at radius 2 is 1.87 bits per heavy atom. The minimum atomic E-state index is -0.949. The molecule has 5 aromatic heterocycles. The predicted octanol–water partition coefficient (Wildman–Crippen LogP) is 4.47. The van der Waals surface area contributed by atoms with Crippen LogP contribution in [0.4, 0.5) is 8.78 Å². The number of pyridine rings is 2. The number of imidazole rings is 1. The van der Waals surface area contributed by atoms with E-state index in [0.717, 1.165) is 34.6 Å². The van der Waals surface area contributed by atoms with Crippen LogP contribution in [0.15, 0.2) is 47.7 Å². The van der Waals surface area contributed by atoms with Crippen molar-refractivity contribution in [2.45, 2.75) is 27.3 Å². The predicted molar refractivity (Wildman–Crippen MR) is 137 cm³/mol. The Hall–Kier alpha value is -4.93. The molecule has 0 saturated carbocycles. The van der Waals surface area contributed by atoms with Crippen molar-refractivity contribution in [3.8, 4) is 11.1 Å². The zero-order valence-electron chi connectivity index (χ0n) is 20.6. The molecule has 11 heteroatoms. The molecule has 0 aliphatic rings. The number of rotatable bonds is 5. The number of carbonyl (C=O) groups excluding carboxylic acids is 1. The van der Waals surface area contributed by atoms with Gasteiger partial charge in [0.1, 0.15) is 28.5 Å². The monoisotopic (exact) mass is 513 g/mol. The number of aromatic amines is 3. The van der Waals surface area contributed by atoms with Crippen LogP contribution in [0.5, 0.6) is 0 Å². The summed E-state index contributed by atoms with van der Waals surface area (Å²) in [5.74, 6) is -2.23. The lowest BCUT2D eigenvalue weighted by atomic mass is 10.0. The maximum atomic E-state index is 14.4. The molecule has 38 heavy (non-hydrogen) atoms. The van der Waals surface area contributed by atoms with Gasteiger partial charge in [-0.1, -0.05) is 0 Å². The maximum absolute atomic E-state index is 14.4. The van der Waals surface area contributed by atoms with Crippen LogP contribution in [-0.2, 0) is 6.54 Å². The Labute approximate surface area is 213 Å². The van der Waals surface area contributed by atoms with Crippen LogP contribution in [0.1, 0.15) is 38.7 Å². The fourth-order valence-electron chi connectivity index (χ4n) is 4.82. The number of nitrogens with zero attached hydrogens (tertiary/aromatic N) is 4. The van der Waals surface area contributed by atoms with Crippen molar-refractivity contribution < 1.29 is 13.6 Å². The fourth-order valence-corrected chi connectivity index (χ4v) is 4.82. The zero-order chi connectivity index (χ0) is 26.7. The molecular formula is C27H21F2N7O2. The molecule has 0 aliphatic heterocycles. The smallest absolute Gasteiger partial charge is 0.275 e. The second kappa shape index (κ2) is 8.58. The van der Waals surface area contributed by atoms with Crippen molar-refractivity contribution in [1.29, 1.82) is 0 Å². The molecule has 9 nitrogen and oxygen atoms in total. The van der Waals surface area contributed by atoms with Gasteiger partial charge in [0.25, 0.3) is 5.56 Å². The van der Waals surface area contributed by atoms with Gasteiger partial charge in [0.05, 0.1) is 17.8 Å². The van der Waals surface area contributed by atoms with Crippen LogP contribution >= 0.6 is 0 Å². The summed E-state index contributed by atoms with van der Waals surface area (Å²) in [5, 5.41) is 7.47. The molecule has 5 heterocycles. The van der Waals surface area contributed by atoms with E-state index in [9.17, 15) is 18.4 Å². The highest BCUT2D eigenvalue weighted by Crippen LogP contribution is 2.27. The SMILES string of the molecule is Cc1cc(F)c(C(=O)c2c[nH]c3c(=O)n(Cc4nc5cc(-c6c(C)n[nH]c6C)cnc5[nH]4)ccc23)c(F)c1. The minimum Gasteiger partial charge on any atom is -0.356 e. The minimum absolute atomic E-state index is 0.0104. The van der Waals surface area contributed by atoms with Crippen molar-refractivity contribution in [2.75, 3.05) is 0 Å². The van der Waals surface area contributed by atoms with Crippen LogP contribution in [0, 0.1) is 32.4 Å². The second-order valence-corrected chi connectivity index (χ2v) is 9.26. The number of nitrogens with one attached hydrogen (secondary N) is 3. The molecule has 0 amide bonds. The van der Waals surface area contributed by atoms with Crippen molar-refractivity contribution >= 4 is 27.9 Å². The Bertz CT molecular complexity index is 1920. The summed E-state index contributed by atoms with van der Waals surface area (Å²) in [4.78, 5) is 41.2. The normalized spacial score (nSPS) is 11.6. The lowest BCUT2D eigenvalue weighted by Crippen LogP contribution is -2.20. The molecule has 1 aromatic carbocycles. The Kier molecular flexibility index (Phi) is 5.30. The molecule has 0 bridgehead atoms. The van der Waals surface area contributed by atoms with Gasteiger partial charge < -0.3 is 14.5 Å². The van der Waals surface area contributed by atoms with Crippen LogP contribution in [0.25, 0.3) is 33.2 Å². The van der Waals surface area contributed by atoms with E-state index in [1.807, 2.05) is 19.9 Å². The highest BCUT2D eigenvalue weighted by Gasteiger charge is 2.23. The molecule has 0 aliphatic carbocycles. The third-order valence-corrected chi connectivity index (χ3v) is 6.60. The van der Waals surface area contributed by atoms with Gasteiger partial charge in [0.2, 0.25) is 5.78 Å². The molecule has 0 saturated heterocycles. The standard InChI is InChI=1S/C27H21F2N7O2/c1-12-6-18(28)23(19(29)7-12)25(37)17-10-30-24-16(17)4-5-36(27(24)38)11-21-32-20-8-15(9-31-26(20)33-21)22-13(2)34-35-14(22)3/h4-10,30H,11H2,1-3H3,(H,34,35)(H,31,32,33). The van der Waals surface area contributed by atoms with E-state index < -0.39 is 28.5 Å². The molecule has 190 valence electrons. The summed E-state index contributed by atoms with van der Waals surface area (Å²) in [6, 6.07) is 5.67. The average molecular weight is 514 g/mol. The van der Waals surface area contributed by atoms with E-state index in [1.54, 1.807) is 12.3 Å². The van der Waals surface area contributed by atoms with E-state index in [0.29, 0.717) is 22.6 Å². The number of hydrogen-bond donors (Lipinski definition) is 3. The largest absolute Gasteiger partial charge is 0.356 e. The van der Waals surface area contributed by atoms with E-state index in [4.69, 9.17) is 0 Å². The molecule has 0 spiro atoms. The van der Waals surface area contributed by atoms with E-state index in [1.165, 1.54) is 23.9 Å². The summed E-state index contributed by atoms with van der Waals surface area (Å²) in [5.41, 5.74) is 4.29. The number of aryl methyl sites for hydroxylation is 3. The van der Waals surface area contributed by atoms with E-state index in [2.05, 4.69) is 30.1 Å². The molecule has 6 rings (SSSR count). The Morgan fingerprint density at radius 3 is 2.58 bits per heavy atom. The first-order chi connectivity index (χ1) is 18.2. The molecule has 0 atom stereocenters. The molecule has 0 fully saturated rings.